The van der Waals surface area contributed by atoms with Crippen molar-refractivity contribution in [1.29, 1.82) is 5.26 Å². The predicted octanol–water partition coefficient (Wildman–Crippen LogP) is 3.22. The van der Waals surface area contributed by atoms with Crippen molar-refractivity contribution in [2.75, 3.05) is 5.43 Å². The molecule has 0 saturated heterocycles. The minimum absolute atomic E-state index is 0.0602. The maximum atomic E-state index is 12.1. The second-order valence-electron chi connectivity index (χ2n) is 5.19. The van der Waals surface area contributed by atoms with Gasteiger partial charge in [-0.25, -0.2) is 10.4 Å². The Balaban J connectivity index is 1.93. The van der Waals surface area contributed by atoms with Gasteiger partial charge in [-0.05, 0) is 18.2 Å². The Kier molecular flexibility index (Phi) is 5.10. The number of hydrogen-bond acceptors (Lipinski definition) is 6. The van der Waals surface area contributed by atoms with Crippen LogP contribution in [0.5, 0.6) is 5.75 Å². The van der Waals surface area contributed by atoms with Gasteiger partial charge < -0.3 is 5.11 Å². The van der Waals surface area contributed by atoms with Crippen molar-refractivity contribution in [3.8, 4) is 23.1 Å². The second kappa shape index (κ2) is 7.63. The van der Waals surface area contributed by atoms with Gasteiger partial charge in [0.15, 0.2) is 0 Å². The average Bonchev–Trinajstić information content (AvgIpc) is 2.65. The largest absolute Gasteiger partial charge is 0.507 e. The van der Waals surface area contributed by atoms with E-state index >= 15 is 0 Å². The Morgan fingerprint density at radius 3 is 2.77 bits per heavy atom. The van der Waals surface area contributed by atoms with E-state index in [1.54, 1.807) is 36.4 Å². The van der Waals surface area contributed by atoms with Crippen LogP contribution in [-0.4, -0.2) is 21.3 Å². The molecular weight excluding hydrogens is 398 g/mol. The van der Waals surface area contributed by atoms with Gasteiger partial charge in [0.1, 0.15) is 17.4 Å². The Labute approximate surface area is 156 Å². The van der Waals surface area contributed by atoms with Crippen molar-refractivity contribution < 1.29 is 5.11 Å². The highest BCUT2D eigenvalue weighted by Gasteiger charge is 2.12. The van der Waals surface area contributed by atoms with Gasteiger partial charge in [-0.3, -0.25) is 9.78 Å². The smallest absolute Gasteiger partial charge is 0.270 e. The zero-order valence-corrected chi connectivity index (χ0v) is 14.9. The SMILES string of the molecule is N#Cc1c(-c2ccccc2)nc(NN=Cc2cc(Br)ccc2O)[nH]c1=O. The van der Waals surface area contributed by atoms with E-state index in [1.165, 1.54) is 12.3 Å². The van der Waals surface area contributed by atoms with Gasteiger partial charge in [0, 0.05) is 15.6 Å². The fourth-order valence-electron chi connectivity index (χ4n) is 2.23. The van der Waals surface area contributed by atoms with Crippen LogP contribution in [-0.2, 0) is 0 Å². The van der Waals surface area contributed by atoms with Crippen LogP contribution in [0.2, 0.25) is 0 Å². The van der Waals surface area contributed by atoms with Crippen LogP contribution in [0.25, 0.3) is 11.3 Å². The van der Waals surface area contributed by atoms with E-state index in [9.17, 15) is 15.2 Å². The number of phenols is 1. The highest BCUT2D eigenvalue weighted by molar-refractivity contribution is 9.10. The maximum Gasteiger partial charge on any atom is 0.270 e. The molecule has 7 nitrogen and oxygen atoms in total. The number of anilines is 1. The molecule has 0 fully saturated rings. The second-order valence-corrected chi connectivity index (χ2v) is 6.10. The summed E-state index contributed by atoms with van der Waals surface area (Å²) in [6.45, 7) is 0. The number of nitrogens with zero attached hydrogens (tertiary/aromatic N) is 3. The quantitative estimate of drug-likeness (QED) is 0.452. The van der Waals surface area contributed by atoms with Crippen LogP contribution in [0, 0.1) is 11.3 Å². The molecular formula is C18H12BrN5O2. The summed E-state index contributed by atoms with van der Waals surface area (Å²) < 4.78 is 0.785. The molecule has 8 heteroatoms. The van der Waals surface area contributed by atoms with Crippen molar-refractivity contribution in [3.63, 3.8) is 0 Å². The Morgan fingerprint density at radius 2 is 2.04 bits per heavy atom. The molecule has 128 valence electrons. The molecule has 0 bridgehead atoms. The molecule has 0 saturated carbocycles. The summed E-state index contributed by atoms with van der Waals surface area (Å²) in [4.78, 5) is 18.9. The molecule has 3 aromatic rings. The predicted molar refractivity (Wildman–Crippen MR) is 102 cm³/mol. The molecule has 0 unspecified atom stereocenters. The first-order valence-electron chi connectivity index (χ1n) is 7.46. The molecule has 0 aliphatic rings. The lowest BCUT2D eigenvalue weighted by Gasteiger charge is -2.06. The standard InChI is InChI=1S/C18H12BrN5O2/c19-13-6-7-15(25)12(8-13)10-21-24-18-22-16(11-4-2-1-3-5-11)14(9-20)17(26)23-18/h1-8,10,25H,(H2,22,23,24,26). The zero-order chi connectivity index (χ0) is 18.5. The number of phenolic OH excluding ortho intramolecular Hbond substituents is 1. The summed E-state index contributed by atoms with van der Waals surface area (Å²) in [7, 11) is 0. The number of nitrogens with one attached hydrogen (secondary N) is 2. The van der Waals surface area contributed by atoms with Gasteiger partial charge in [0.2, 0.25) is 5.95 Å². The van der Waals surface area contributed by atoms with Crippen LogP contribution in [0.4, 0.5) is 5.95 Å². The molecule has 0 amide bonds. The van der Waals surface area contributed by atoms with Crippen LogP contribution in [0.3, 0.4) is 0 Å². The van der Waals surface area contributed by atoms with E-state index < -0.39 is 5.56 Å². The van der Waals surface area contributed by atoms with Gasteiger partial charge in [0.05, 0.1) is 11.9 Å². The molecule has 2 aromatic carbocycles. The molecule has 3 N–H and O–H groups in total. The summed E-state index contributed by atoms with van der Waals surface area (Å²) in [6, 6.07) is 15.7. The first kappa shape index (κ1) is 17.4. The van der Waals surface area contributed by atoms with Crippen molar-refractivity contribution in [2.24, 2.45) is 5.10 Å². The number of nitriles is 1. The van der Waals surface area contributed by atoms with Crippen molar-refractivity contribution in [1.82, 2.24) is 9.97 Å². The van der Waals surface area contributed by atoms with E-state index in [0.717, 1.165) is 4.47 Å². The van der Waals surface area contributed by atoms with Gasteiger partial charge in [-0.2, -0.15) is 10.4 Å². The van der Waals surface area contributed by atoms with Crippen LogP contribution in [0.15, 0.2) is 62.9 Å². The molecule has 0 spiro atoms. The molecule has 0 radical (unpaired) electrons. The molecule has 26 heavy (non-hydrogen) atoms. The third-order valence-corrected chi connectivity index (χ3v) is 3.94. The summed E-state index contributed by atoms with van der Waals surface area (Å²) >= 11 is 3.31. The summed E-state index contributed by atoms with van der Waals surface area (Å²) in [5.74, 6) is 0.142. The van der Waals surface area contributed by atoms with Crippen molar-refractivity contribution in [2.45, 2.75) is 0 Å². The van der Waals surface area contributed by atoms with Crippen LogP contribution in [0.1, 0.15) is 11.1 Å². The number of benzene rings is 2. The number of aromatic hydroxyl groups is 1. The number of aromatic nitrogens is 2. The Hall–Kier alpha value is -3.44. The molecule has 0 atom stereocenters. The zero-order valence-electron chi connectivity index (χ0n) is 13.3. The monoisotopic (exact) mass is 409 g/mol. The average molecular weight is 410 g/mol. The number of hydrazone groups is 1. The van der Waals surface area contributed by atoms with E-state index in [2.05, 4.69) is 36.4 Å². The third kappa shape index (κ3) is 3.79. The van der Waals surface area contributed by atoms with Crippen LogP contribution >= 0.6 is 15.9 Å². The minimum Gasteiger partial charge on any atom is -0.507 e. The maximum absolute atomic E-state index is 12.1. The number of halogens is 1. The lowest BCUT2D eigenvalue weighted by Crippen LogP contribution is -2.16. The van der Waals surface area contributed by atoms with Crippen LogP contribution < -0.4 is 11.0 Å². The number of hydrogen-bond donors (Lipinski definition) is 3. The van der Waals surface area contributed by atoms with E-state index in [0.29, 0.717) is 11.1 Å². The van der Waals surface area contributed by atoms with Crippen molar-refractivity contribution in [3.05, 3.63) is 74.5 Å². The summed E-state index contributed by atoms with van der Waals surface area (Å²) in [5, 5.41) is 23.0. The fraction of sp³-hybridized carbons (Fsp3) is 0. The first-order chi connectivity index (χ1) is 12.6. The van der Waals surface area contributed by atoms with E-state index in [1.807, 2.05) is 12.1 Å². The van der Waals surface area contributed by atoms with Crippen molar-refractivity contribution >= 4 is 28.1 Å². The van der Waals surface area contributed by atoms with E-state index in [4.69, 9.17) is 0 Å². The molecule has 1 aromatic heterocycles. The number of H-pyrrole nitrogens is 1. The molecule has 3 rings (SSSR count). The Bertz CT molecular complexity index is 1070. The topological polar surface area (TPSA) is 114 Å². The van der Waals surface area contributed by atoms with E-state index in [-0.39, 0.29) is 23.0 Å². The molecule has 0 aliphatic carbocycles. The van der Waals surface area contributed by atoms with Gasteiger partial charge in [0.25, 0.3) is 5.56 Å². The Morgan fingerprint density at radius 1 is 1.27 bits per heavy atom. The fourth-order valence-corrected chi connectivity index (χ4v) is 2.61. The highest BCUT2D eigenvalue weighted by atomic mass is 79.9. The summed E-state index contributed by atoms with van der Waals surface area (Å²) in [5.41, 5.74) is 3.36. The van der Waals surface area contributed by atoms with Gasteiger partial charge >= 0.3 is 0 Å². The number of rotatable bonds is 4. The minimum atomic E-state index is -0.565. The highest BCUT2D eigenvalue weighted by Crippen LogP contribution is 2.21. The first-order valence-corrected chi connectivity index (χ1v) is 8.25. The summed E-state index contributed by atoms with van der Waals surface area (Å²) in [6.07, 6.45) is 1.39. The van der Waals surface area contributed by atoms with Gasteiger partial charge in [-0.1, -0.05) is 46.3 Å². The normalized spacial score (nSPS) is 10.6. The third-order valence-electron chi connectivity index (χ3n) is 3.44. The lowest BCUT2D eigenvalue weighted by atomic mass is 10.1. The molecule has 1 heterocycles. The number of aromatic amines is 1. The van der Waals surface area contributed by atoms with Gasteiger partial charge in [-0.15, -0.1) is 0 Å². The lowest BCUT2D eigenvalue weighted by molar-refractivity contribution is 0.474. The molecule has 0 aliphatic heterocycles.